The maximum Gasteiger partial charge on any atom is 0.126 e. The highest BCUT2D eigenvalue weighted by Gasteiger charge is 2.07. The third-order valence-corrected chi connectivity index (χ3v) is 2.62. The van der Waals surface area contributed by atoms with E-state index in [0.717, 1.165) is 17.4 Å². The average molecular weight is 232 g/mol. The smallest absolute Gasteiger partial charge is 0.126 e. The molecular formula is C14H13FO2. The first-order valence-corrected chi connectivity index (χ1v) is 5.30. The van der Waals surface area contributed by atoms with E-state index in [1.807, 2.05) is 24.3 Å². The minimum Gasteiger partial charge on any atom is -0.508 e. The van der Waals surface area contributed by atoms with E-state index < -0.39 is 5.82 Å². The molecule has 0 spiro atoms. The van der Waals surface area contributed by atoms with Gasteiger partial charge in [0.2, 0.25) is 0 Å². The first kappa shape index (κ1) is 11.5. The molecule has 0 bridgehead atoms. The van der Waals surface area contributed by atoms with Gasteiger partial charge in [0.25, 0.3) is 0 Å². The van der Waals surface area contributed by atoms with Crippen LogP contribution >= 0.6 is 0 Å². The summed E-state index contributed by atoms with van der Waals surface area (Å²) in [6.07, 6.45) is 0.510. The number of hydrogen-bond acceptors (Lipinski definition) is 2. The molecule has 2 rings (SSSR count). The SMILES string of the molecule is COc1ccccc1Cc1ccc(F)cc1O. The number of phenols is 1. The van der Waals surface area contributed by atoms with Crippen LogP contribution in [0.1, 0.15) is 11.1 Å². The largest absolute Gasteiger partial charge is 0.508 e. The Labute approximate surface area is 99.3 Å². The highest BCUT2D eigenvalue weighted by atomic mass is 19.1. The third-order valence-electron chi connectivity index (χ3n) is 2.62. The molecule has 0 aliphatic heterocycles. The molecule has 17 heavy (non-hydrogen) atoms. The van der Waals surface area contributed by atoms with Crippen LogP contribution in [0, 0.1) is 5.82 Å². The molecule has 88 valence electrons. The van der Waals surface area contributed by atoms with Gasteiger partial charge < -0.3 is 9.84 Å². The number of benzene rings is 2. The summed E-state index contributed by atoms with van der Waals surface area (Å²) in [5, 5.41) is 9.64. The Balaban J connectivity index is 2.31. The first-order valence-electron chi connectivity index (χ1n) is 5.30. The quantitative estimate of drug-likeness (QED) is 0.881. The van der Waals surface area contributed by atoms with Crippen molar-refractivity contribution in [3.8, 4) is 11.5 Å². The van der Waals surface area contributed by atoms with Gasteiger partial charge in [-0.3, -0.25) is 0 Å². The highest BCUT2D eigenvalue weighted by molar-refractivity contribution is 5.42. The van der Waals surface area contributed by atoms with Gasteiger partial charge >= 0.3 is 0 Å². The van der Waals surface area contributed by atoms with Gasteiger partial charge in [0.15, 0.2) is 0 Å². The molecule has 0 saturated carbocycles. The fourth-order valence-electron chi connectivity index (χ4n) is 1.74. The average Bonchev–Trinajstić information content (AvgIpc) is 2.33. The number of hydrogen-bond donors (Lipinski definition) is 1. The van der Waals surface area contributed by atoms with Crippen LogP contribution in [-0.4, -0.2) is 12.2 Å². The fraction of sp³-hybridized carbons (Fsp3) is 0.143. The summed E-state index contributed by atoms with van der Waals surface area (Å²) in [7, 11) is 1.60. The molecule has 0 aromatic heterocycles. The van der Waals surface area contributed by atoms with Gasteiger partial charge in [-0.15, -0.1) is 0 Å². The molecule has 0 heterocycles. The third kappa shape index (κ3) is 2.56. The van der Waals surface area contributed by atoms with Gasteiger partial charge in [-0.05, 0) is 23.3 Å². The van der Waals surface area contributed by atoms with Crippen LogP contribution in [0.3, 0.4) is 0 Å². The Morgan fingerprint density at radius 1 is 1.12 bits per heavy atom. The van der Waals surface area contributed by atoms with E-state index in [1.165, 1.54) is 6.07 Å². The zero-order valence-electron chi connectivity index (χ0n) is 9.48. The van der Waals surface area contributed by atoms with Gasteiger partial charge in [0.1, 0.15) is 17.3 Å². The Kier molecular flexibility index (Phi) is 3.28. The number of phenolic OH excluding ortho intramolecular Hbond substituents is 1. The molecule has 2 aromatic carbocycles. The molecule has 0 aliphatic rings. The van der Waals surface area contributed by atoms with Crippen molar-refractivity contribution in [1.82, 2.24) is 0 Å². The van der Waals surface area contributed by atoms with E-state index in [0.29, 0.717) is 12.0 Å². The molecule has 0 atom stereocenters. The van der Waals surface area contributed by atoms with Crippen LogP contribution in [0.25, 0.3) is 0 Å². The number of para-hydroxylation sites is 1. The normalized spacial score (nSPS) is 10.2. The van der Waals surface area contributed by atoms with Gasteiger partial charge in [-0.2, -0.15) is 0 Å². The lowest BCUT2D eigenvalue weighted by molar-refractivity contribution is 0.410. The molecule has 0 aliphatic carbocycles. The minimum atomic E-state index is -0.439. The van der Waals surface area contributed by atoms with Crippen molar-refractivity contribution < 1.29 is 14.2 Å². The topological polar surface area (TPSA) is 29.5 Å². The molecule has 3 heteroatoms. The second kappa shape index (κ2) is 4.87. The maximum absolute atomic E-state index is 12.8. The van der Waals surface area contributed by atoms with Crippen LogP contribution in [0.2, 0.25) is 0 Å². The summed E-state index contributed by atoms with van der Waals surface area (Å²) in [4.78, 5) is 0. The fourth-order valence-corrected chi connectivity index (χ4v) is 1.74. The summed E-state index contributed by atoms with van der Waals surface area (Å²) in [5.41, 5.74) is 1.63. The Morgan fingerprint density at radius 3 is 2.59 bits per heavy atom. The number of halogens is 1. The highest BCUT2D eigenvalue weighted by Crippen LogP contribution is 2.25. The van der Waals surface area contributed by atoms with Crippen molar-refractivity contribution in [2.24, 2.45) is 0 Å². The second-order valence-corrected chi connectivity index (χ2v) is 3.76. The van der Waals surface area contributed by atoms with E-state index in [1.54, 1.807) is 13.2 Å². The lowest BCUT2D eigenvalue weighted by Crippen LogP contribution is -1.94. The van der Waals surface area contributed by atoms with Crippen molar-refractivity contribution in [3.05, 3.63) is 59.4 Å². The molecule has 0 radical (unpaired) electrons. The summed E-state index contributed by atoms with van der Waals surface area (Å²) in [6.45, 7) is 0. The van der Waals surface area contributed by atoms with E-state index in [9.17, 15) is 9.50 Å². The van der Waals surface area contributed by atoms with Crippen molar-refractivity contribution >= 4 is 0 Å². The summed E-state index contributed by atoms with van der Waals surface area (Å²) >= 11 is 0. The van der Waals surface area contributed by atoms with E-state index in [2.05, 4.69) is 0 Å². The second-order valence-electron chi connectivity index (χ2n) is 3.76. The van der Waals surface area contributed by atoms with E-state index in [-0.39, 0.29) is 5.75 Å². The molecule has 0 amide bonds. The molecule has 1 N–H and O–H groups in total. The summed E-state index contributed by atoms with van der Waals surface area (Å²) in [5.74, 6) is 0.290. The molecule has 2 nitrogen and oxygen atoms in total. The standard InChI is InChI=1S/C14H13FO2/c1-17-14-5-3-2-4-11(14)8-10-6-7-12(15)9-13(10)16/h2-7,9,16H,8H2,1H3. The monoisotopic (exact) mass is 232 g/mol. The molecule has 0 unspecified atom stereocenters. The zero-order valence-corrected chi connectivity index (χ0v) is 9.48. The molecule has 0 saturated heterocycles. The van der Waals surface area contributed by atoms with Crippen LogP contribution in [0.15, 0.2) is 42.5 Å². The first-order chi connectivity index (χ1) is 8.20. The number of methoxy groups -OCH3 is 1. The van der Waals surface area contributed by atoms with Crippen molar-refractivity contribution in [2.45, 2.75) is 6.42 Å². The lowest BCUT2D eigenvalue weighted by Gasteiger charge is -2.09. The van der Waals surface area contributed by atoms with Gasteiger partial charge in [-0.1, -0.05) is 24.3 Å². The predicted octanol–water partition coefficient (Wildman–Crippen LogP) is 3.13. The van der Waals surface area contributed by atoms with Gasteiger partial charge in [0, 0.05) is 12.5 Å². The predicted molar refractivity (Wildman–Crippen MR) is 63.9 cm³/mol. The van der Waals surface area contributed by atoms with E-state index in [4.69, 9.17) is 4.74 Å². The maximum atomic E-state index is 12.8. The molecule has 0 fully saturated rings. The molecular weight excluding hydrogens is 219 g/mol. The zero-order chi connectivity index (χ0) is 12.3. The van der Waals surface area contributed by atoms with Crippen molar-refractivity contribution in [3.63, 3.8) is 0 Å². The Hall–Kier alpha value is -2.03. The van der Waals surface area contributed by atoms with Crippen LogP contribution in [0.4, 0.5) is 4.39 Å². The van der Waals surface area contributed by atoms with Crippen molar-refractivity contribution in [1.29, 1.82) is 0 Å². The lowest BCUT2D eigenvalue weighted by atomic mass is 10.0. The van der Waals surface area contributed by atoms with Crippen LogP contribution < -0.4 is 4.74 Å². The Bertz CT molecular complexity index is 523. The number of rotatable bonds is 3. The molecule has 2 aromatic rings. The van der Waals surface area contributed by atoms with Crippen LogP contribution in [0.5, 0.6) is 11.5 Å². The van der Waals surface area contributed by atoms with E-state index >= 15 is 0 Å². The van der Waals surface area contributed by atoms with Crippen molar-refractivity contribution in [2.75, 3.05) is 7.11 Å². The summed E-state index contributed by atoms with van der Waals surface area (Å²) in [6, 6.07) is 11.6. The van der Waals surface area contributed by atoms with Crippen LogP contribution in [-0.2, 0) is 6.42 Å². The van der Waals surface area contributed by atoms with Gasteiger partial charge in [-0.25, -0.2) is 4.39 Å². The number of ether oxygens (including phenoxy) is 1. The summed E-state index contributed by atoms with van der Waals surface area (Å²) < 4.78 is 18.1. The number of aromatic hydroxyl groups is 1. The van der Waals surface area contributed by atoms with Gasteiger partial charge in [0.05, 0.1) is 7.11 Å². The minimum absolute atomic E-state index is 0.0316. The Morgan fingerprint density at radius 2 is 1.88 bits per heavy atom.